The minimum Gasteiger partial charge on any atom is -0.367 e. The third-order valence-electron chi connectivity index (χ3n) is 3.75. The number of H-pyrrole nitrogens is 1. The monoisotopic (exact) mass is 267 g/mol. The largest absolute Gasteiger partial charge is 0.367 e. The molecule has 1 unspecified atom stereocenters. The van der Waals surface area contributed by atoms with Crippen LogP contribution >= 0.6 is 0 Å². The Morgan fingerprint density at radius 2 is 2.20 bits per heavy atom. The zero-order valence-corrected chi connectivity index (χ0v) is 11.3. The summed E-state index contributed by atoms with van der Waals surface area (Å²) in [6, 6.07) is 4.27. The molecule has 0 spiro atoms. The molecule has 20 heavy (non-hydrogen) atoms. The van der Waals surface area contributed by atoms with E-state index in [1.54, 1.807) is 0 Å². The van der Waals surface area contributed by atoms with Crippen molar-refractivity contribution in [2.24, 2.45) is 5.92 Å². The number of nitriles is 1. The fourth-order valence-electron chi connectivity index (χ4n) is 2.68. The predicted octanol–water partition coefficient (Wildman–Crippen LogP) is 2.60. The van der Waals surface area contributed by atoms with E-state index in [0.717, 1.165) is 43.0 Å². The van der Waals surface area contributed by atoms with Gasteiger partial charge in [0.15, 0.2) is 0 Å². The quantitative estimate of drug-likeness (QED) is 0.928. The van der Waals surface area contributed by atoms with E-state index >= 15 is 0 Å². The van der Waals surface area contributed by atoms with Crippen molar-refractivity contribution in [1.29, 1.82) is 5.26 Å². The SMILES string of the molecule is N#CCC1CCCN(c2ncc(-c3cc[nH]c3)cn2)C1. The van der Waals surface area contributed by atoms with Crippen molar-refractivity contribution in [2.45, 2.75) is 19.3 Å². The molecule has 1 saturated heterocycles. The number of anilines is 1. The molecule has 0 bridgehead atoms. The van der Waals surface area contributed by atoms with E-state index in [0.29, 0.717) is 12.3 Å². The first-order valence-corrected chi connectivity index (χ1v) is 6.94. The lowest BCUT2D eigenvalue weighted by Gasteiger charge is -2.31. The number of aromatic amines is 1. The van der Waals surface area contributed by atoms with E-state index in [2.05, 4.69) is 25.9 Å². The lowest BCUT2D eigenvalue weighted by Crippen LogP contribution is -2.36. The Balaban J connectivity index is 1.73. The lowest BCUT2D eigenvalue weighted by atomic mass is 9.96. The molecule has 1 N–H and O–H groups in total. The van der Waals surface area contributed by atoms with Gasteiger partial charge in [0.1, 0.15) is 0 Å². The fraction of sp³-hybridized carbons (Fsp3) is 0.400. The highest BCUT2D eigenvalue weighted by atomic mass is 15.2. The van der Waals surface area contributed by atoms with Gasteiger partial charge >= 0.3 is 0 Å². The van der Waals surface area contributed by atoms with Gasteiger partial charge in [-0.3, -0.25) is 0 Å². The van der Waals surface area contributed by atoms with Crippen LogP contribution in [0.1, 0.15) is 19.3 Å². The van der Waals surface area contributed by atoms with Gasteiger partial charge in [0.05, 0.1) is 6.07 Å². The Morgan fingerprint density at radius 1 is 1.35 bits per heavy atom. The Hall–Kier alpha value is -2.35. The topological polar surface area (TPSA) is 68.6 Å². The Bertz CT molecular complexity index is 582. The second kappa shape index (κ2) is 5.74. The Kier molecular flexibility index (Phi) is 3.64. The standard InChI is InChI=1S/C15H17N5/c16-5-3-12-2-1-7-20(11-12)15-18-9-14(10-19-15)13-4-6-17-8-13/h4,6,8-10,12,17H,1-3,7,11H2. The number of aromatic nitrogens is 3. The van der Waals surface area contributed by atoms with Gasteiger partial charge in [-0.15, -0.1) is 0 Å². The molecule has 1 atom stereocenters. The molecule has 0 radical (unpaired) electrons. The number of hydrogen-bond acceptors (Lipinski definition) is 4. The number of rotatable bonds is 3. The second-order valence-electron chi connectivity index (χ2n) is 5.19. The van der Waals surface area contributed by atoms with Gasteiger partial charge in [0, 0.05) is 55.4 Å². The molecule has 1 aliphatic heterocycles. The van der Waals surface area contributed by atoms with E-state index in [1.165, 1.54) is 0 Å². The summed E-state index contributed by atoms with van der Waals surface area (Å²) < 4.78 is 0. The average Bonchev–Trinajstić information content (AvgIpc) is 3.02. The summed E-state index contributed by atoms with van der Waals surface area (Å²) in [6.45, 7) is 1.86. The van der Waals surface area contributed by atoms with Crippen LogP contribution in [0.5, 0.6) is 0 Å². The maximum absolute atomic E-state index is 8.81. The fourth-order valence-corrected chi connectivity index (χ4v) is 2.68. The normalized spacial score (nSPS) is 18.8. The van der Waals surface area contributed by atoms with Gasteiger partial charge in [0.25, 0.3) is 0 Å². The molecule has 2 aromatic heterocycles. The molecular formula is C15H17N5. The number of piperidine rings is 1. The van der Waals surface area contributed by atoms with Gasteiger partial charge < -0.3 is 9.88 Å². The maximum Gasteiger partial charge on any atom is 0.225 e. The smallest absolute Gasteiger partial charge is 0.225 e. The summed E-state index contributed by atoms with van der Waals surface area (Å²) in [7, 11) is 0. The van der Waals surface area contributed by atoms with Crippen LogP contribution in [0, 0.1) is 17.2 Å². The van der Waals surface area contributed by atoms with E-state index in [1.807, 2.05) is 30.9 Å². The van der Waals surface area contributed by atoms with Crippen LogP contribution in [0.3, 0.4) is 0 Å². The minimum absolute atomic E-state index is 0.446. The second-order valence-corrected chi connectivity index (χ2v) is 5.19. The summed E-state index contributed by atoms with van der Waals surface area (Å²) in [6.07, 6.45) is 10.4. The van der Waals surface area contributed by atoms with Gasteiger partial charge in [0.2, 0.25) is 5.95 Å². The van der Waals surface area contributed by atoms with Crippen LogP contribution in [-0.4, -0.2) is 28.0 Å². The molecular weight excluding hydrogens is 250 g/mol. The number of hydrogen-bond donors (Lipinski definition) is 1. The first-order valence-electron chi connectivity index (χ1n) is 6.94. The molecule has 0 amide bonds. The molecule has 0 aromatic carbocycles. The first kappa shape index (κ1) is 12.7. The van der Waals surface area contributed by atoms with E-state index in [9.17, 15) is 0 Å². The molecule has 2 aromatic rings. The summed E-state index contributed by atoms with van der Waals surface area (Å²) >= 11 is 0. The highest BCUT2D eigenvalue weighted by Gasteiger charge is 2.21. The van der Waals surface area contributed by atoms with E-state index in [4.69, 9.17) is 5.26 Å². The number of nitrogens with one attached hydrogen (secondary N) is 1. The number of nitrogens with zero attached hydrogens (tertiary/aromatic N) is 4. The summed E-state index contributed by atoms with van der Waals surface area (Å²) in [5.74, 6) is 1.22. The predicted molar refractivity (Wildman–Crippen MR) is 77.0 cm³/mol. The van der Waals surface area contributed by atoms with Crippen molar-refractivity contribution in [3.05, 3.63) is 30.9 Å². The zero-order chi connectivity index (χ0) is 13.8. The van der Waals surface area contributed by atoms with Crippen LogP contribution in [0.4, 0.5) is 5.95 Å². The molecule has 5 heteroatoms. The molecule has 5 nitrogen and oxygen atoms in total. The molecule has 1 fully saturated rings. The third kappa shape index (κ3) is 2.64. The van der Waals surface area contributed by atoms with Gasteiger partial charge in [-0.2, -0.15) is 5.26 Å². The Labute approximate surface area is 118 Å². The van der Waals surface area contributed by atoms with Crippen molar-refractivity contribution in [1.82, 2.24) is 15.0 Å². The van der Waals surface area contributed by atoms with Crippen molar-refractivity contribution in [3.63, 3.8) is 0 Å². The molecule has 0 saturated carbocycles. The zero-order valence-electron chi connectivity index (χ0n) is 11.3. The highest BCUT2D eigenvalue weighted by molar-refractivity contribution is 5.61. The Morgan fingerprint density at radius 3 is 2.90 bits per heavy atom. The van der Waals surface area contributed by atoms with Gasteiger partial charge in [-0.05, 0) is 24.8 Å². The van der Waals surface area contributed by atoms with Gasteiger partial charge in [-0.1, -0.05) is 0 Å². The van der Waals surface area contributed by atoms with Crippen molar-refractivity contribution in [2.75, 3.05) is 18.0 Å². The first-order chi connectivity index (χ1) is 9.86. The molecule has 0 aliphatic carbocycles. The van der Waals surface area contributed by atoms with Crippen LogP contribution in [0.25, 0.3) is 11.1 Å². The van der Waals surface area contributed by atoms with Crippen LogP contribution in [0.2, 0.25) is 0 Å². The maximum atomic E-state index is 8.81. The van der Waals surface area contributed by atoms with Crippen LogP contribution < -0.4 is 4.90 Å². The van der Waals surface area contributed by atoms with Crippen LogP contribution in [-0.2, 0) is 0 Å². The molecule has 3 heterocycles. The third-order valence-corrected chi connectivity index (χ3v) is 3.75. The van der Waals surface area contributed by atoms with Crippen molar-refractivity contribution < 1.29 is 0 Å². The molecule has 3 rings (SSSR count). The van der Waals surface area contributed by atoms with Gasteiger partial charge in [-0.25, -0.2) is 9.97 Å². The van der Waals surface area contributed by atoms with Crippen LogP contribution in [0.15, 0.2) is 30.9 Å². The van der Waals surface area contributed by atoms with E-state index < -0.39 is 0 Å². The van der Waals surface area contributed by atoms with Crippen molar-refractivity contribution >= 4 is 5.95 Å². The highest BCUT2D eigenvalue weighted by Crippen LogP contribution is 2.23. The summed E-state index contributed by atoms with van der Waals surface area (Å²) in [5, 5.41) is 8.81. The minimum atomic E-state index is 0.446. The summed E-state index contributed by atoms with van der Waals surface area (Å²) in [4.78, 5) is 14.2. The average molecular weight is 267 g/mol. The van der Waals surface area contributed by atoms with Crippen molar-refractivity contribution in [3.8, 4) is 17.2 Å². The summed E-state index contributed by atoms with van der Waals surface area (Å²) in [5.41, 5.74) is 2.11. The molecule has 102 valence electrons. The molecule has 1 aliphatic rings. The van der Waals surface area contributed by atoms with E-state index in [-0.39, 0.29) is 0 Å². The lowest BCUT2D eigenvalue weighted by molar-refractivity contribution is 0.418.